The van der Waals surface area contributed by atoms with Crippen LogP contribution in [-0.2, 0) is 19.2 Å². The van der Waals surface area contributed by atoms with E-state index < -0.39 is 41.6 Å². The molecule has 0 bridgehead atoms. The molecule has 0 spiro atoms. The predicted octanol–water partition coefficient (Wildman–Crippen LogP) is 0.434. The molecule has 9 nitrogen and oxygen atoms in total. The third-order valence-corrected chi connectivity index (χ3v) is 3.77. The summed E-state index contributed by atoms with van der Waals surface area (Å²) in [6.07, 6.45) is -0.989. The topological polar surface area (TPSA) is 149 Å². The number of aromatic amines is 2. The smallest absolute Gasteiger partial charge is 0.323 e. The van der Waals surface area contributed by atoms with Crippen LogP contribution in [0.15, 0.2) is 23.0 Å². The number of hydrogen-bond donors (Lipinski definition) is 4. The minimum atomic E-state index is -1.98. The van der Waals surface area contributed by atoms with Crippen molar-refractivity contribution in [2.24, 2.45) is 5.41 Å². The Balaban J connectivity index is 2.37. The Labute approximate surface area is 135 Å². The summed E-state index contributed by atoms with van der Waals surface area (Å²) < 4.78 is 0. The second kappa shape index (κ2) is 6.49. The number of carbonyl (C=O) groups excluding carboxylic acids is 3. The van der Waals surface area contributed by atoms with E-state index in [4.69, 9.17) is 5.11 Å². The molecule has 1 aromatic heterocycles. The van der Waals surface area contributed by atoms with Gasteiger partial charge in [-0.15, -0.1) is 0 Å². The zero-order valence-electron chi connectivity index (χ0n) is 12.7. The molecular weight excluding hydrogens is 318 g/mol. The maximum atomic E-state index is 12.5. The number of nitrogens with one attached hydrogen (secondary N) is 3. The summed E-state index contributed by atoms with van der Waals surface area (Å²) in [5.41, 5.74) is -1.19. The van der Waals surface area contributed by atoms with E-state index in [-0.39, 0.29) is 5.69 Å². The summed E-state index contributed by atoms with van der Waals surface area (Å²) >= 11 is 0. The molecule has 0 saturated carbocycles. The Bertz CT molecular complexity index is 881. The van der Waals surface area contributed by atoms with Gasteiger partial charge in [-0.3, -0.25) is 14.4 Å². The highest BCUT2D eigenvalue weighted by Crippen LogP contribution is 2.30. The van der Waals surface area contributed by atoms with E-state index in [2.05, 4.69) is 15.3 Å². The lowest BCUT2D eigenvalue weighted by Crippen LogP contribution is -2.44. The standard InChI is InChI=1S/C15H15N3O6/c1-8(20)15(4-5-19,7-12(21)22)13(23)16-9-2-3-10-11(6-9)18-14(24)17-10/h2-3,5-6H,4,7H2,1H3,(H,16,23)(H,21,22)(H2,17,18,24). The number of amides is 1. The Morgan fingerprint density at radius 2 is 1.92 bits per heavy atom. The summed E-state index contributed by atoms with van der Waals surface area (Å²) in [7, 11) is 0. The van der Waals surface area contributed by atoms with Crippen molar-refractivity contribution in [1.82, 2.24) is 9.97 Å². The van der Waals surface area contributed by atoms with E-state index in [1.54, 1.807) is 0 Å². The average molecular weight is 333 g/mol. The lowest BCUT2D eigenvalue weighted by molar-refractivity contribution is -0.150. The lowest BCUT2D eigenvalue weighted by Gasteiger charge is -2.26. The van der Waals surface area contributed by atoms with Crippen LogP contribution in [-0.4, -0.2) is 39.0 Å². The number of aromatic nitrogens is 2. The van der Waals surface area contributed by atoms with Crippen LogP contribution in [0.5, 0.6) is 0 Å². The second-order valence-corrected chi connectivity index (χ2v) is 5.37. The minimum absolute atomic E-state index is 0.254. The SMILES string of the molecule is CC(=O)C(CC=O)(CC(=O)O)C(=O)Nc1ccc2[nH]c(=O)[nH]c2c1. The molecule has 24 heavy (non-hydrogen) atoms. The van der Waals surface area contributed by atoms with Gasteiger partial charge in [0, 0.05) is 12.1 Å². The van der Waals surface area contributed by atoms with Crippen molar-refractivity contribution in [2.75, 3.05) is 5.32 Å². The van der Waals surface area contributed by atoms with E-state index in [0.717, 1.165) is 6.92 Å². The molecule has 0 aliphatic carbocycles. The first-order chi connectivity index (χ1) is 11.3. The van der Waals surface area contributed by atoms with E-state index in [1.807, 2.05) is 0 Å². The zero-order valence-corrected chi connectivity index (χ0v) is 12.7. The van der Waals surface area contributed by atoms with Crippen LogP contribution in [0.4, 0.5) is 5.69 Å². The minimum Gasteiger partial charge on any atom is -0.481 e. The van der Waals surface area contributed by atoms with Gasteiger partial charge in [-0.1, -0.05) is 0 Å². The number of anilines is 1. The molecule has 4 N–H and O–H groups in total. The van der Waals surface area contributed by atoms with Crippen LogP contribution in [0.3, 0.4) is 0 Å². The first kappa shape index (κ1) is 17.1. The maximum absolute atomic E-state index is 12.5. The molecule has 0 aliphatic rings. The number of aliphatic carboxylic acids is 1. The van der Waals surface area contributed by atoms with Crippen molar-refractivity contribution in [2.45, 2.75) is 19.8 Å². The number of benzene rings is 1. The van der Waals surface area contributed by atoms with Crippen LogP contribution < -0.4 is 11.0 Å². The quantitative estimate of drug-likeness (QED) is 0.426. The highest BCUT2D eigenvalue weighted by Gasteiger charge is 2.45. The molecule has 0 aliphatic heterocycles. The molecule has 0 radical (unpaired) electrons. The fourth-order valence-corrected chi connectivity index (χ4v) is 2.43. The molecule has 1 heterocycles. The Morgan fingerprint density at radius 1 is 1.25 bits per heavy atom. The van der Waals surface area contributed by atoms with Crippen LogP contribution in [0, 0.1) is 5.41 Å². The third-order valence-electron chi connectivity index (χ3n) is 3.77. The molecule has 1 atom stereocenters. The molecule has 9 heteroatoms. The second-order valence-electron chi connectivity index (χ2n) is 5.37. The monoisotopic (exact) mass is 333 g/mol. The number of aldehydes is 1. The van der Waals surface area contributed by atoms with E-state index in [0.29, 0.717) is 17.3 Å². The Hall–Kier alpha value is -3.23. The molecule has 2 aromatic rings. The molecule has 0 saturated heterocycles. The molecule has 1 aromatic carbocycles. The number of rotatable bonds is 7. The number of carbonyl (C=O) groups is 4. The van der Waals surface area contributed by atoms with Crippen LogP contribution in [0.1, 0.15) is 19.8 Å². The largest absolute Gasteiger partial charge is 0.481 e. The van der Waals surface area contributed by atoms with E-state index >= 15 is 0 Å². The number of carboxylic acid groups (broad SMARTS) is 1. The van der Waals surface area contributed by atoms with Gasteiger partial charge in [0.2, 0.25) is 5.91 Å². The highest BCUT2D eigenvalue weighted by molar-refractivity contribution is 6.13. The van der Waals surface area contributed by atoms with Gasteiger partial charge in [-0.05, 0) is 25.1 Å². The molecule has 2 rings (SSSR count). The molecule has 1 unspecified atom stereocenters. The molecule has 126 valence electrons. The number of carboxylic acids is 1. The number of Topliss-reactive ketones (excluding diaryl/α,β-unsaturated/α-hetero) is 1. The highest BCUT2D eigenvalue weighted by atomic mass is 16.4. The van der Waals surface area contributed by atoms with Crippen molar-refractivity contribution in [3.8, 4) is 0 Å². The summed E-state index contributed by atoms with van der Waals surface area (Å²) in [6, 6.07) is 4.48. The van der Waals surface area contributed by atoms with Crippen molar-refractivity contribution >= 4 is 40.7 Å². The van der Waals surface area contributed by atoms with Gasteiger partial charge in [-0.2, -0.15) is 0 Å². The molecule has 0 fully saturated rings. The van der Waals surface area contributed by atoms with Crippen LogP contribution >= 0.6 is 0 Å². The van der Waals surface area contributed by atoms with Gasteiger partial charge in [0.1, 0.15) is 17.5 Å². The number of hydrogen-bond acceptors (Lipinski definition) is 5. The summed E-state index contributed by atoms with van der Waals surface area (Å²) in [6.45, 7) is 1.07. The fraction of sp³-hybridized carbons (Fsp3) is 0.267. The lowest BCUT2D eigenvalue weighted by atomic mass is 9.77. The Morgan fingerprint density at radius 3 is 2.50 bits per heavy atom. The van der Waals surface area contributed by atoms with Gasteiger partial charge in [0.25, 0.3) is 0 Å². The predicted molar refractivity (Wildman–Crippen MR) is 83.6 cm³/mol. The van der Waals surface area contributed by atoms with Gasteiger partial charge < -0.3 is 25.2 Å². The first-order valence-corrected chi connectivity index (χ1v) is 6.98. The van der Waals surface area contributed by atoms with Gasteiger partial charge >= 0.3 is 11.7 Å². The van der Waals surface area contributed by atoms with Crippen molar-refractivity contribution in [3.05, 3.63) is 28.7 Å². The van der Waals surface area contributed by atoms with Gasteiger partial charge in [-0.25, -0.2) is 4.79 Å². The van der Waals surface area contributed by atoms with Crippen LogP contribution in [0.25, 0.3) is 11.0 Å². The van der Waals surface area contributed by atoms with Gasteiger partial charge in [0.05, 0.1) is 17.5 Å². The normalized spacial score (nSPS) is 13.2. The summed E-state index contributed by atoms with van der Waals surface area (Å²) in [5, 5.41) is 11.4. The number of H-pyrrole nitrogens is 2. The number of ketones is 1. The maximum Gasteiger partial charge on any atom is 0.323 e. The average Bonchev–Trinajstić information content (AvgIpc) is 2.85. The van der Waals surface area contributed by atoms with Crippen molar-refractivity contribution in [3.63, 3.8) is 0 Å². The van der Waals surface area contributed by atoms with E-state index in [1.165, 1.54) is 18.2 Å². The van der Waals surface area contributed by atoms with E-state index in [9.17, 15) is 24.0 Å². The van der Waals surface area contributed by atoms with Crippen LogP contribution in [0.2, 0.25) is 0 Å². The third kappa shape index (κ3) is 3.24. The Kier molecular flexibility index (Phi) is 4.63. The number of imidazole rings is 1. The summed E-state index contributed by atoms with van der Waals surface area (Å²) in [5.74, 6) is -2.97. The zero-order chi connectivity index (χ0) is 17.9. The number of fused-ring (bicyclic) bond motifs is 1. The van der Waals surface area contributed by atoms with Gasteiger partial charge in [0.15, 0.2) is 0 Å². The molecular formula is C15H15N3O6. The van der Waals surface area contributed by atoms with Crippen molar-refractivity contribution < 1.29 is 24.3 Å². The first-order valence-electron chi connectivity index (χ1n) is 6.98. The molecule has 1 amide bonds. The summed E-state index contributed by atoms with van der Waals surface area (Å²) in [4.78, 5) is 62.6. The fourth-order valence-electron chi connectivity index (χ4n) is 2.43. The van der Waals surface area contributed by atoms with Crippen molar-refractivity contribution in [1.29, 1.82) is 0 Å².